The van der Waals surface area contributed by atoms with Crippen LogP contribution in [-0.2, 0) is 11.0 Å². The molecule has 0 amide bonds. The zero-order valence-electron chi connectivity index (χ0n) is 11.1. The van der Waals surface area contributed by atoms with Crippen molar-refractivity contribution in [2.45, 2.75) is 19.2 Å². The Balaban J connectivity index is 2.53. The van der Waals surface area contributed by atoms with Crippen LogP contribution in [0.25, 0.3) is 5.69 Å². The first-order valence-electron chi connectivity index (χ1n) is 6.02. The maximum Gasteiger partial charge on any atom is 0.435 e. The SMILES string of the molecule is CC(Oc1cc(C(F)(F)F)nn1-c1ccccc1Cl)C(=O)O. The second-order valence-electron chi connectivity index (χ2n) is 4.33. The first-order chi connectivity index (χ1) is 10.2. The van der Waals surface area contributed by atoms with E-state index in [1.54, 1.807) is 12.1 Å². The molecule has 0 aliphatic heterocycles. The van der Waals surface area contributed by atoms with Crippen LogP contribution in [0.1, 0.15) is 12.6 Å². The second-order valence-corrected chi connectivity index (χ2v) is 4.73. The van der Waals surface area contributed by atoms with Gasteiger partial charge >= 0.3 is 12.1 Å². The molecule has 5 nitrogen and oxygen atoms in total. The minimum absolute atomic E-state index is 0.146. The van der Waals surface area contributed by atoms with Gasteiger partial charge in [0, 0.05) is 6.07 Å². The molecule has 9 heteroatoms. The number of hydrogen-bond acceptors (Lipinski definition) is 3. The van der Waals surface area contributed by atoms with Gasteiger partial charge in [-0.25, -0.2) is 4.79 Å². The lowest BCUT2D eigenvalue weighted by atomic mass is 10.3. The van der Waals surface area contributed by atoms with Gasteiger partial charge in [-0.15, -0.1) is 0 Å². The van der Waals surface area contributed by atoms with Crippen LogP contribution in [0.5, 0.6) is 5.88 Å². The molecule has 0 aliphatic carbocycles. The van der Waals surface area contributed by atoms with Crippen LogP contribution in [0.3, 0.4) is 0 Å². The molecule has 0 aliphatic rings. The van der Waals surface area contributed by atoms with Gasteiger partial charge < -0.3 is 9.84 Å². The highest BCUT2D eigenvalue weighted by molar-refractivity contribution is 6.32. The summed E-state index contributed by atoms with van der Waals surface area (Å²) < 4.78 is 44.3. The normalized spacial score (nSPS) is 13.0. The van der Waals surface area contributed by atoms with E-state index in [1.807, 2.05) is 0 Å². The van der Waals surface area contributed by atoms with E-state index >= 15 is 0 Å². The monoisotopic (exact) mass is 334 g/mol. The fourth-order valence-corrected chi connectivity index (χ4v) is 1.83. The lowest BCUT2D eigenvalue weighted by Crippen LogP contribution is -2.24. The fourth-order valence-electron chi connectivity index (χ4n) is 1.61. The lowest BCUT2D eigenvalue weighted by Gasteiger charge is -2.12. The number of carboxylic acid groups (broad SMARTS) is 1. The third-order valence-electron chi connectivity index (χ3n) is 2.69. The quantitative estimate of drug-likeness (QED) is 0.930. The van der Waals surface area contributed by atoms with Gasteiger partial charge in [0.1, 0.15) is 0 Å². The number of alkyl halides is 3. The molecule has 0 fully saturated rings. The Bertz CT molecular complexity index is 700. The predicted molar refractivity (Wildman–Crippen MR) is 71.3 cm³/mol. The summed E-state index contributed by atoms with van der Waals surface area (Å²) in [4.78, 5) is 10.8. The Morgan fingerprint density at radius 1 is 1.41 bits per heavy atom. The number of carbonyl (C=O) groups is 1. The number of nitrogens with zero attached hydrogens (tertiary/aromatic N) is 2. The van der Waals surface area contributed by atoms with Gasteiger partial charge in [0.05, 0.1) is 10.7 Å². The third-order valence-corrected chi connectivity index (χ3v) is 3.01. The molecule has 1 heterocycles. The molecule has 1 aromatic heterocycles. The van der Waals surface area contributed by atoms with E-state index in [0.29, 0.717) is 6.07 Å². The van der Waals surface area contributed by atoms with E-state index in [9.17, 15) is 18.0 Å². The highest BCUT2D eigenvalue weighted by Crippen LogP contribution is 2.33. The van der Waals surface area contributed by atoms with Gasteiger partial charge in [-0.2, -0.15) is 23.0 Å². The van der Waals surface area contributed by atoms with Crippen molar-refractivity contribution in [3.63, 3.8) is 0 Å². The van der Waals surface area contributed by atoms with Gasteiger partial charge in [0.15, 0.2) is 11.8 Å². The summed E-state index contributed by atoms with van der Waals surface area (Å²) in [6.07, 6.45) is -6.05. The molecular weight excluding hydrogens is 325 g/mol. The van der Waals surface area contributed by atoms with E-state index in [0.717, 1.165) is 4.68 Å². The van der Waals surface area contributed by atoms with E-state index in [1.165, 1.54) is 19.1 Å². The maximum atomic E-state index is 12.8. The van der Waals surface area contributed by atoms with Gasteiger partial charge in [-0.1, -0.05) is 23.7 Å². The van der Waals surface area contributed by atoms with Crippen LogP contribution in [0.2, 0.25) is 5.02 Å². The lowest BCUT2D eigenvalue weighted by molar-refractivity contribution is -0.144. The molecule has 1 N–H and O–H groups in total. The molecule has 1 aromatic carbocycles. The average Bonchev–Trinajstić information content (AvgIpc) is 2.83. The van der Waals surface area contributed by atoms with Gasteiger partial charge in [-0.3, -0.25) is 0 Å². The van der Waals surface area contributed by atoms with E-state index in [-0.39, 0.29) is 16.6 Å². The summed E-state index contributed by atoms with van der Waals surface area (Å²) in [6, 6.07) is 6.69. The number of halogens is 4. The summed E-state index contributed by atoms with van der Waals surface area (Å²) in [5.41, 5.74) is -1.06. The molecule has 1 atom stereocenters. The van der Waals surface area contributed by atoms with Crippen molar-refractivity contribution in [1.82, 2.24) is 9.78 Å². The topological polar surface area (TPSA) is 64.4 Å². The van der Waals surface area contributed by atoms with Crippen molar-refractivity contribution >= 4 is 17.6 Å². The zero-order chi connectivity index (χ0) is 16.5. The first kappa shape index (κ1) is 16.2. The van der Waals surface area contributed by atoms with Crippen molar-refractivity contribution in [2.75, 3.05) is 0 Å². The van der Waals surface area contributed by atoms with Crippen LogP contribution < -0.4 is 4.74 Å². The predicted octanol–water partition coefficient (Wildman–Crippen LogP) is 3.40. The largest absolute Gasteiger partial charge is 0.479 e. The molecule has 1 unspecified atom stereocenters. The zero-order valence-corrected chi connectivity index (χ0v) is 11.9. The smallest absolute Gasteiger partial charge is 0.435 e. The molecule has 2 rings (SSSR count). The standard InChI is InChI=1S/C13H10ClF3N2O3/c1-7(12(20)21)22-11-6-10(13(15,16)17)18-19(11)9-5-3-2-4-8(9)14/h2-7H,1H3,(H,20,21). The number of ether oxygens (including phenoxy) is 1. The van der Waals surface area contributed by atoms with Crippen molar-refractivity contribution < 1.29 is 27.8 Å². The van der Waals surface area contributed by atoms with Crippen LogP contribution in [0, 0.1) is 0 Å². The van der Waals surface area contributed by atoms with Crippen LogP contribution >= 0.6 is 11.6 Å². The minimum atomic E-state index is -4.70. The van der Waals surface area contributed by atoms with Crippen molar-refractivity contribution in [1.29, 1.82) is 0 Å². The fraction of sp³-hybridized carbons (Fsp3) is 0.231. The summed E-state index contributed by atoms with van der Waals surface area (Å²) in [7, 11) is 0. The highest BCUT2D eigenvalue weighted by Gasteiger charge is 2.36. The van der Waals surface area contributed by atoms with E-state index < -0.39 is 23.9 Å². The molecule has 0 saturated heterocycles. The second kappa shape index (κ2) is 5.88. The van der Waals surface area contributed by atoms with Crippen LogP contribution in [0.4, 0.5) is 13.2 Å². The molecule has 118 valence electrons. The molecule has 0 saturated carbocycles. The molecule has 22 heavy (non-hydrogen) atoms. The number of rotatable bonds is 4. The number of para-hydroxylation sites is 1. The van der Waals surface area contributed by atoms with Crippen LogP contribution in [-0.4, -0.2) is 27.0 Å². The van der Waals surface area contributed by atoms with Crippen LogP contribution in [0.15, 0.2) is 30.3 Å². The first-order valence-corrected chi connectivity index (χ1v) is 6.39. The Morgan fingerprint density at radius 2 is 2.05 bits per heavy atom. The third kappa shape index (κ3) is 3.33. The van der Waals surface area contributed by atoms with Crippen molar-refractivity contribution in [3.05, 3.63) is 41.0 Å². The van der Waals surface area contributed by atoms with Crippen molar-refractivity contribution in [3.8, 4) is 11.6 Å². The molecule has 0 radical (unpaired) electrons. The number of carboxylic acids is 1. The Morgan fingerprint density at radius 3 is 2.59 bits per heavy atom. The van der Waals surface area contributed by atoms with Gasteiger partial charge in [0.2, 0.25) is 5.88 Å². The Labute approximate surface area is 127 Å². The van der Waals surface area contributed by atoms with E-state index in [4.69, 9.17) is 21.4 Å². The molecule has 0 bridgehead atoms. The number of benzene rings is 1. The highest BCUT2D eigenvalue weighted by atomic mass is 35.5. The summed E-state index contributed by atoms with van der Waals surface area (Å²) in [5, 5.41) is 12.4. The molecular formula is C13H10ClF3N2O3. The van der Waals surface area contributed by atoms with Gasteiger partial charge in [0.25, 0.3) is 0 Å². The summed E-state index contributed by atoms with van der Waals surface area (Å²) in [6.45, 7) is 1.19. The number of aliphatic carboxylic acids is 1. The Hall–Kier alpha value is -2.22. The molecule has 0 spiro atoms. The van der Waals surface area contributed by atoms with Crippen molar-refractivity contribution in [2.24, 2.45) is 0 Å². The minimum Gasteiger partial charge on any atom is -0.479 e. The Kier molecular flexibility index (Phi) is 4.32. The molecule has 2 aromatic rings. The average molecular weight is 335 g/mol. The number of hydrogen-bond donors (Lipinski definition) is 1. The van der Waals surface area contributed by atoms with Gasteiger partial charge in [-0.05, 0) is 19.1 Å². The number of aromatic nitrogens is 2. The summed E-state index contributed by atoms with van der Waals surface area (Å²) >= 11 is 5.94. The van der Waals surface area contributed by atoms with E-state index in [2.05, 4.69) is 5.10 Å². The maximum absolute atomic E-state index is 12.8. The summed E-state index contributed by atoms with van der Waals surface area (Å²) in [5.74, 6) is -1.68.